The molecule has 2 atom stereocenters. The maximum Gasteiger partial charge on any atom is 0.274 e. The van der Waals surface area contributed by atoms with Crippen LogP contribution in [-0.2, 0) is 22.6 Å². The Morgan fingerprint density at radius 3 is 2.97 bits per heavy atom. The highest BCUT2D eigenvalue weighted by atomic mass is 16.5. The van der Waals surface area contributed by atoms with Gasteiger partial charge in [-0.2, -0.15) is 0 Å². The lowest BCUT2D eigenvalue weighted by Gasteiger charge is -2.30. The summed E-state index contributed by atoms with van der Waals surface area (Å²) in [5, 5.41) is 11.5. The molecule has 10 heteroatoms. The molecule has 5 rings (SSSR count). The van der Waals surface area contributed by atoms with E-state index in [9.17, 15) is 4.79 Å². The molecule has 0 radical (unpaired) electrons. The van der Waals surface area contributed by atoms with Crippen LogP contribution in [0.5, 0.6) is 5.75 Å². The predicted octanol–water partition coefficient (Wildman–Crippen LogP) is 0.244. The van der Waals surface area contributed by atoms with E-state index in [1.165, 1.54) is 0 Å². The van der Waals surface area contributed by atoms with Gasteiger partial charge in [0.1, 0.15) is 12.3 Å². The molecule has 3 aliphatic heterocycles. The molecule has 0 saturated carbocycles. The van der Waals surface area contributed by atoms with Gasteiger partial charge in [0.15, 0.2) is 11.4 Å². The number of rotatable bonds is 1. The van der Waals surface area contributed by atoms with Gasteiger partial charge < -0.3 is 19.5 Å². The highest BCUT2D eigenvalue weighted by Gasteiger charge is 2.39. The minimum Gasteiger partial charge on any atom is -0.489 e. The van der Waals surface area contributed by atoms with Crippen molar-refractivity contribution in [3.63, 3.8) is 0 Å². The fourth-order valence-electron chi connectivity index (χ4n) is 4.33. The van der Waals surface area contributed by atoms with Gasteiger partial charge in [-0.25, -0.2) is 9.67 Å². The number of nitrogens with one attached hydrogen (secondary N) is 1. The van der Waals surface area contributed by atoms with Gasteiger partial charge in [-0.3, -0.25) is 9.69 Å². The summed E-state index contributed by atoms with van der Waals surface area (Å²) in [5.74, 6) is 0.219. The number of carbonyl (C=O) groups is 1. The van der Waals surface area contributed by atoms with E-state index in [0.29, 0.717) is 31.5 Å². The number of hydrogen-bond acceptors (Lipinski definition) is 8. The second-order valence-electron chi connectivity index (χ2n) is 7.90. The first-order valence-electron chi connectivity index (χ1n) is 10.5. The minimum atomic E-state index is -0.244. The average molecular weight is 414 g/mol. The van der Waals surface area contributed by atoms with Crippen LogP contribution in [-0.4, -0.2) is 81.9 Å². The summed E-state index contributed by atoms with van der Waals surface area (Å²) in [7, 11) is 0. The molecule has 0 aromatic carbocycles. The molecule has 2 aromatic rings. The topological polar surface area (TPSA) is 104 Å². The van der Waals surface area contributed by atoms with Gasteiger partial charge in [0.25, 0.3) is 5.91 Å². The van der Waals surface area contributed by atoms with Gasteiger partial charge in [0.05, 0.1) is 31.5 Å². The van der Waals surface area contributed by atoms with Crippen molar-refractivity contribution in [1.82, 2.24) is 30.2 Å². The van der Waals surface area contributed by atoms with E-state index in [-0.39, 0.29) is 23.7 Å². The summed E-state index contributed by atoms with van der Waals surface area (Å²) in [4.78, 5) is 19.7. The average Bonchev–Trinajstić information content (AvgIpc) is 3.39. The van der Waals surface area contributed by atoms with Crippen LogP contribution in [0, 0.1) is 0 Å². The number of ether oxygens (including phenoxy) is 3. The Labute approximate surface area is 174 Å². The second-order valence-corrected chi connectivity index (χ2v) is 7.90. The molecule has 10 nitrogen and oxygen atoms in total. The predicted molar refractivity (Wildman–Crippen MR) is 105 cm³/mol. The Hall–Kier alpha value is -2.56. The highest BCUT2D eigenvalue weighted by molar-refractivity contribution is 5.95. The Morgan fingerprint density at radius 1 is 1.17 bits per heavy atom. The summed E-state index contributed by atoms with van der Waals surface area (Å²) < 4.78 is 19.3. The first-order valence-corrected chi connectivity index (χ1v) is 10.5. The van der Waals surface area contributed by atoms with Crippen molar-refractivity contribution < 1.29 is 19.0 Å². The molecule has 0 spiro atoms. The Balaban J connectivity index is 1.39. The van der Waals surface area contributed by atoms with Crippen LogP contribution in [0.4, 0.5) is 0 Å². The third-order valence-electron chi connectivity index (χ3n) is 5.91. The molecular formula is C20H26N6O4. The summed E-state index contributed by atoms with van der Waals surface area (Å²) >= 11 is 0. The number of carbonyl (C=O) groups excluding carboxylic acids is 1. The molecule has 2 saturated heterocycles. The Kier molecular flexibility index (Phi) is 5.60. The zero-order valence-corrected chi connectivity index (χ0v) is 16.8. The molecule has 160 valence electrons. The minimum absolute atomic E-state index is 0.141. The molecule has 5 heterocycles. The molecule has 0 unspecified atom stereocenters. The zero-order valence-electron chi connectivity index (χ0n) is 16.8. The smallest absolute Gasteiger partial charge is 0.274 e. The number of fused-ring (bicyclic) bond motifs is 4. The zero-order chi connectivity index (χ0) is 20.3. The van der Waals surface area contributed by atoms with Crippen molar-refractivity contribution in [3.05, 3.63) is 35.9 Å². The maximum absolute atomic E-state index is 13.0. The van der Waals surface area contributed by atoms with Crippen molar-refractivity contribution in [2.75, 3.05) is 32.9 Å². The van der Waals surface area contributed by atoms with Crippen molar-refractivity contribution in [1.29, 1.82) is 0 Å². The van der Waals surface area contributed by atoms with E-state index >= 15 is 0 Å². The van der Waals surface area contributed by atoms with Gasteiger partial charge in [-0.1, -0.05) is 5.21 Å². The Bertz CT molecular complexity index is 884. The molecule has 2 bridgehead atoms. The number of likely N-dealkylation sites (tertiary alicyclic amines) is 1. The summed E-state index contributed by atoms with van der Waals surface area (Å²) in [6, 6.07) is 3.82. The van der Waals surface area contributed by atoms with E-state index < -0.39 is 0 Å². The summed E-state index contributed by atoms with van der Waals surface area (Å²) in [5.41, 5.74) is 1.06. The van der Waals surface area contributed by atoms with E-state index in [4.69, 9.17) is 14.2 Å². The van der Waals surface area contributed by atoms with Crippen molar-refractivity contribution in [2.45, 2.75) is 44.2 Å². The number of nitrogens with zero attached hydrogens (tertiary/aromatic N) is 5. The quantitative estimate of drug-likeness (QED) is 0.708. The molecule has 2 fully saturated rings. The second kappa shape index (κ2) is 8.66. The molecule has 30 heavy (non-hydrogen) atoms. The summed E-state index contributed by atoms with van der Waals surface area (Å²) in [6.07, 6.45) is 5.33. The Morgan fingerprint density at radius 2 is 2.07 bits per heavy atom. The lowest BCUT2D eigenvalue weighted by atomic mass is 10.1. The molecule has 1 N–H and O–H groups in total. The third kappa shape index (κ3) is 4.16. The van der Waals surface area contributed by atoms with Gasteiger partial charge in [0, 0.05) is 38.5 Å². The van der Waals surface area contributed by atoms with E-state index in [0.717, 1.165) is 44.8 Å². The van der Waals surface area contributed by atoms with Crippen LogP contribution in [0.15, 0.2) is 24.5 Å². The van der Waals surface area contributed by atoms with Gasteiger partial charge in [-0.05, 0) is 25.0 Å². The van der Waals surface area contributed by atoms with Gasteiger partial charge >= 0.3 is 0 Å². The molecule has 2 aromatic heterocycles. The molecule has 3 aliphatic rings. The van der Waals surface area contributed by atoms with E-state index in [1.54, 1.807) is 23.0 Å². The molecule has 0 aliphatic carbocycles. The largest absolute Gasteiger partial charge is 0.489 e. The fraction of sp³-hybridized carbons (Fsp3) is 0.600. The first kappa shape index (κ1) is 19.4. The van der Waals surface area contributed by atoms with Crippen LogP contribution < -0.4 is 10.1 Å². The lowest BCUT2D eigenvalue weighted by Crippen LogP contribution is -2.44. The molecular weight excluding hydrogens is 388 g/mol. The van der Waals surface area contributed by atoms with Crippen LogP contribution in [0.3, 0.4) is 0 Å². The van der Waals surface area contributed by atoms with Crippen LogP contribution in [0.25, 0.3) is 0 Å². The monoisotopic (exact) mass is 414 g/mol. The van der Waals surface area contributed by atoms with Gasteiger partial charge in [-0.15, -0.1) is 5.10 Å². The lowest BCUT2D eigenvalue weighted by molar-refractivity contribution is 0.0152. The highest BCUT2D eigenvalue weighted by Crippen LogP contribution is 2.24. The number of pyridine rings is 1. The normalized spacial score (nSPS) is 26.2. The summed E-state index contributed by atoms with van der Waals surface area (Å²) in [6.45, 7) is 4.29. The maximum atomic E-state index is 13.0. The standard InChI is InChI=1S/C20H26N6O4/c27-20-19-17(2-1-5-21-19)29-9-6-26-10-14(23-24-26)13-30-18-12-25(11-16(18)22-20)15-3-7-28-8-4-15/h1-2,5,10,15-16,18H,3-4,6-9,11-13H2,(H,22,27)/t16-,18-/m0/s1. The van der Waals surface area contributed by atoms with E-state index in [2.05, 4.69) is 25.5 Å². The van der Waals surface area contributed by atoms with E-state index in [1.807, 2.05) is 6.20 Å². The number of hydrogen-bond donors (Lipinski definition) is 1. The molecule has 1 amide bonds. The SMILES string of the molecule is O=C1N[C@H]2CN(C3CCOCC3)C[C@@H]2OCc2cn(nn2)CCOc2cccnc21. The van der Waals surface area contributed by atoms with Crippen LogP contribution in [0.1, 0.15) is 29.0 Å². The van der Waals surface area contributed by atoms with Crippen LogP contribution in [0.2, 0.25) is 0 Å². The number of amides is 1. The van der Waals surface area contributed by atoms with Crippen molar-refractivity contribution >= 4 is 5.91 Å². The third-order valence-corrected chi connectivity index (χ3v) is 5.91. The van der Waals surface area contributed by atoms with Crippen molar-refractivity contribution in [2.24, 2.45) is 0 Å². The van der Waals surface area contributed by atoms with Crippen molar-refractivity contribution in [3.8, 4) is 5.75 Å². The van der Waals surface area contributed by atoms with Gasteiger partial charge in [0.2, 0.25) is 0 Å². The fourth-order valence-corrected chi connectivity index (χ4v) is 4.33. The first-order chi connectivity index (χ1) is 14.8. The number of aromatic nitrogens is 4. The van der Waals surface area contributed by atoms with Crippen LogP contribution >= 0.6 is 0 Å².